The van der Waals surface area contributed by atoms with Gasteiger partial charge in [0.25, 0.3) is 5.91 Å². The van der Waals surface area contributed by atoms with Crippen LogP contribution in [0.3, 0.4) is 0 Å². The summed E-state index contributed by atoms with van der Waals surface area (Å²) in [5.74, 6) is -0.353. The van der Waals surface area contributed by atoms with Gasteiger partial charge in [-0.2, -0.15) is 13.2 Å². The van der Waals surface area contributed by atoms with Gasteiger partial charge in [0.1, 0.15) is 0 Å². The second-order valence-corrected chi connectivity index (χ2v) is 6.60. The molecule has 2 aromatic heterocycles. The topological polar surface area (TPSA) is 80.5 Å². The number of amides is 1. The third kappa shape index (κ3) is 4.28. The monoisotopic (exact) mass is 418 g/mol. The Morgan fingerprint density at radius 1 is 1.13 bits per heavy atom. The van der Waals surface area contributed by atoms with E-state index in [1.54, 1.807) is 24.5 Å². The van der Waals surface area contributed by atoms with Crippen LogP contribution in [0.1, 0.15) is 16.1 Å². The average molecular weight is 418 g/mol. The van der Waals surface area contributed by atoms with E-state index in [0.29, 0.717) is 43.3 Å². The molecule has 10 heteroatoms. The van der Waals surface area contributed by atoms with Crippen LogP contribution in [-0.2, 0) is 10.9 Å². The Hall–Kier alpha value is -3.40. The highest BCUT2D eigenvalue weighted by Gasteiger charge is 2.32. The largest absolute Gasteiger partial charge is 0.416 e. The van der Waals surface area contributed by atoms with E-state index in [1.807, 2.05) is 4.90 Å². The summed E-state index contributed by atoms with van der Waals surface area (Å²) < 4.78 is 50.1. The van der Waals surface area contributed by atoms with E-state index in [0.717, 1.165) is 12.1 Å². The Bertz CT molecular complexity index is 1030. The summed E-state index contributed by atoms with van der Waals surface area (Å²) in [6.07, 6.45) is -1.40. The first-order valence-corrected chi connectivity index (χ1v) is 9.14. The highest BCUT2D eigenvalue weighted by atomic mass is 19.4. The molecule has 0 atom stereocenters. The Morgan fingerprint density at radius 2 is 1.93 bits per heavy atom. The van der Waals surface area contributed by atoms with Crippen molar-refractivity contribution in [1.82, 2.24) is 10.1 Å². The smallest absolute Gasteiger partial charge is 0.378 e. The normalized spacial score (nSPS) is 14.6. The molecule has 4 rings (SSSR count). The third-order valence-corrected chi connectivity index (χ3v) is 4.61. The molecule has 1 saturated heterocycles. The summed E-state index contributed by atoms with van der Waals surface area (Å²) in [6.45, 7) is 1.91. The molecule has 1 N–H and O–H groups in total. The minimum atomic E-state index is -4.54. The van der Waals surface area contributed by atoms with Crippen LogP contribution in [-0.4, -0.2) is 42.4 Å². The second kappa shape index (κ2) is 8.15. The van der Waals surface area contributed by atoms with E-state index in [9.17, 15) is 18.0 Å². The fraction of sp³-hybridized carbons (Fsp3) is 0.250. The maximum absolute atomic E-state index is 13.2. The number of rotatable bonds is 4. The predicted octanol–water partition coefficient (Wildman–Crippen LogP) is 3.84. The van der Waals surface area contributed by atoms with E-state index in [-0.39, 0.29) is 11.4 Å². The highest BCUT2D eigenvalue weighted by molar-refractivity contribution is 6.05. The quantitative estimate of drug-likeness (QED) is 0.694. The lowest BCUT2D eigenvalue weighted by molar-refractivity contribution is -0.137. The van der Waals surface area contributed by atoms with Crippen molar-refractivity contribution in [2.24, 2.45) is 0 Å². The number of pyridine rings is 1. The molecule has 0 bridgehead atoms. The molecule has 0 saturated carbocycles. The van der Waals surface area contributed by atoms with Crippen LogP contribution < -0.4 is 10.2 Å². The first-order chi connectivity index (χ1) is 14.4. The summed E-state index contributed by atoms with van der Waals surface area (Å²) in [5.41, 5.74) is 0.237. The summed E-state index contributed by atoms with van der Waals surface area (Å²) in [4.78, 5) is 18.5. The number of hydrogen-bond donors (Lipinski definition) is 1. The van der Waals surface area contributed by atoms with Crippen LogP contribution in [0.25, 0.3) is 11.3 Å². The van der Waals surface area contributed by atoms with Gasteiger partial charge in [-0.3, -0.25) is 9.78 Å². The maximum atomic E-state index is 13.2. The summed E-state index contributed by atoms with van der Waals surface area (Å²) in [5, 5.41) is 6.27. The van der Waals surface area contributed by atoms with Crippen molar-refractivity contribution >= 4 is 17.3 Å². The Labute approximate surface area is 169 Å². The predicted molar refractivity (Wildman–Crippen MR) is 102 cm³/mol. The van der Waals surface area contributed by atoms with Gasteiger partial charge >= 0.3 is 6.18 Å². The molecule has 3 heterocycles. The van der Waals surface area contributed by atoms with Crippen LogP contribution in [0, 0.1) is 0 Å². The SMILES string of the molecule is O=C(Nc1cc(C(F)(F)F)ccc1N1CCOCC1)c1cc(-c2cccnc2)on1. The second-order valence-electron chi connectivity index (χ2n) is 6.60. The summed E-state index contributed by atoms with van der Waals surface area (Å²) >= 11 is 0. The standard InChI is InChI=1S/C20H17F3N4O3/c21-20(22,23)14-3-4-17(27-6-8-29-9-7-27)15(10-14)25-19(28)16-11-18(30-26-16)13-2-1-5-24-12-13/h1-5,10-12H,6-9H2,(H,25,28). The molecule has 1 fully saturated rings. The van der Waals surface area contributed by atoms with E-state index < -0.39 is 17.6 Å². The first kappa shape index (κ1) is 19.9. The van der Waals surface area contributed by atoms with Gasteiger partial charge in [-0.25, -0.2) is 0 Å². The number of benzene rings is 1. The number of aromatic nitrogens is 2. The highest BCUT2D eigenvalue weighted by Crippen LogP contribution is 2.36. The molecule has 0 radical (unpaired) electrons. The molecule has 1 amide bonds. The minimum absolute atomic E-state index is 0.0441. The number of carbonyl (C=O) groups excluding carboxylic acids is 1. The maximum Gasteiger partial charge on any atom is 0.416 e. The summed E-state index contributed by atoms with van der Waals surface area (Å²) in [6, 6.07) is 8.12. The molecular formula is C20H17F3N4O3. The van der Waals surface area contributed by atoms with Gasteiger partial charge in [-0.05, 0) is 30.3 Å². The number of anilines is 2. The van der Waals surface area contributed by atoms with Gasteiger partial charge in [0, 0.05) is 37.1 Å². The van der Waals surface area contributed by atoms with Crippen molar-refractivity contribution in [3.63, 3.8) is 0 Å². The molecule has 0 aliphatic carbocycles. The molecule has 30 heavy (non-hydrogen) atoms. The fourth-order valence-corrected chi connectivity index (χ4v) is 3.11. The molecular weight excluding hydrogens is 401 g/mol. The molecule has 0 spiro atoms. The minimum Gasteiger partial charge on any atom is -0.378 e. The fourth-order valence-electron chi connectivity index (χ4n) is 3.11. The zero-order valence-corrected chi connectivity index (χ0v) is 15.6. The zero-order chi connectivity index (χ0) is 21.1. The zero-order valence-electron chi connectivity index (χ0n) is 15.6. The number of nitrogens with one attached hydrogen (secondary N) is 1. The molecule has 156 valence electrons. The van der Waals surface area contributed by atoms with Crippen molar-refractivity contribution in [3.8, 4) is 11.3 Å². The molecule has 0 unspecified atom stereocenters. The van der Waals surface area contributed by atoms with Crippen LogP contribution in [0.2, 0.25) is 0 Å². The molecule has 7 nitrogen and oxygen atoms in total. The lowest BCUT2D eigenvalue weighted by atomic mass is 10.1. The number of morpholine rings is 1. The molecule has 1 aliphatic rings. The van der Waals surface area contributed by atoms with Crippen LogP contribution in [0.4, 0.5) is 24.5 Å². The van der Waals surface area contributed by atoms with Gasteiger partial charge in [0.2, 0.25) is 0 Å². The number of halogens is 3. The van der Waals surface area contributed by atoms with E-state index >= 15 is 0 Å². The van der Waals surface area contributed by atoms with Crippen LogP contribution in [0.5, 0.6) is 0 Å². The lowest BCUT2D eigenvalue weighted by Gasteiger charge is -2.30. The number of carbonyl (C=O) groups is 1. The molecule has 1 aliphatic heterocycles. The Balaban J connectivity index is 1.62. The van der Waals surface area contributed by atoms with Crippen molar-refractivity contribution < 1.29 is 27.2 Å². The van der Waals surface area contributed by atoms with Crippen molar-refractivity contribution in [2.45, 2.75) is 6.18 Å². The van der Waals surface area contributed by atoms with Gasteiger partial charge in [0.15, 0.2) is 11.5 Å². The van der Waals surface area contributed by atoms with Crippen molar-refractivity contribution in [2.75, 3.05) is 36.5 Å². The number of alkyl halides is 3. The van der Waals surface area contributed by atoms with E-state index in [2.05, 4.69) is 15.5 Å². The van der Waals surface area contributed by atoms with Gasteiger partial charge in [-0.1, -0.05) is 5.16 Å². The van der Waals surface area contributed by atoms with Gasteiger partial charge < -0.3 is 19.5 Å². The van der Waals surface area contributed by atoms with E-state index in [4.69, 9.17) is 9.26 Å². The number of nitrogens with zero attached hydrogens (tertiary/aromatic N) is 3. The molecule has 3 aromatic rings. The van der Waals surface area contributed by atoms with Crippen molar-refractivity contribution in [3.05, 3.63) is 60.0 Å². The lowest BCUT2D eigenvalue weighted by Crippen LogP contribution is -2.36. The van der Waals surface area contributed by atoms with Crippen LogP contribution in [0.15, 0.2) is 53.3 Å². The average Bonchev–Trinajstić information content (AvgIpc) is 3.25. The molecule has 1 aromatic carbocycles. The van der Waals surface area contributed by atoms with Crippen LogP contribution >= 0.6 is 0 Å². The van der Waals surface area contributed by atoms with E-state index in [1.165, 1.54) is 12.1 Å². The van der Waals surface area contributed by atoms with Gasteiger partial charge in [0.05, 0.1) is 30.2 Å². The summed E-state index contributed by atoms with van der Waals surface area (Å²) in [7, 11) is 0. The Morgan fingerprint density at radius 3 is 2.63 bits per heavy atom. The number of ether oxygens (including phenoxy) is 1. The number of hydrogen-bond acceptors (Lipinski definition) is 6. The first-order valence-electron chi connectivity index (χ1n) is 9.14. The van der Waals surface area contributed by atoms with Gasteiger partial charge in [-0.15, -0.1) is 0 Å². The van der Waals surface area contributed by atoms with Crippen molar-refractivity contribution in [1.29, 1.82) is 0 Å². The Kier molecular flexibility index (Phi) is 5.40. The third-order valence-electron chi connectivity index (χ3n) is 4.61.